The number of nitrogen functional groups attached to an aromatic ring is 1. The van der Waals surface area contributed by atoms with Crippen LogP contribution in [0.2, 0.25) is 5.02 Å². The Labute approximate surface area is 209 Å². The normalized spacial score (nSPS) is 11.0. The molecular formula is C24H20ClN7O4. The summed E-state index contributed by atoms with van der Waals surface area (Å²) in [6.45, 7) is 2.57. The molecule has 0 saturated heterocycles. The zero-order chi connectivity index (χ0) is 25.2. The number of methoxy groups -OCH3 is 1. The van der Waals surface area contributed by atoms with Crippen LogP contribution in [0.5, 0.6) is 17.4 Å². The highest BCUT2D eigenvalue weighted by Crippen LogP contribution is 2.30. The molecule has 182 valence electrons. The third-order valence-electron chi connectivity index (χ3n) is 5.38. The number of ether oxygens (including phenoxy) is 2. The third-order valence-corrected chi connectivity index (χ3v) is 5.68. The molecule has 3 aromatic heterocycles. The Morgan fingerprint density at radius 2 is 2.06 bits per heavy atom. The number of benzene rings is 2. The number of nitrogens with one attached hydrogen (secondary N) is 1. The summed E-state index contributed by atoms with van der Waals surface area (Å²) in [5.74, 6) is 1.68. The summed E-state index contributed by atoms with van der Waals surface area (Å²) in [6, 6.07) is 13.6. The molecule has 2 aromatic carbocycles. The van der Waals surface area contributed by atoms with Crippen LogP contribution in [0.1, 0.15) is 17.3 Å². The number of nitrogens with two attached hydrogens (primary N) is 1. The monoisotopic (exact) mass is 505 g/mol. The number of anilines is 2. The maximum atomic E-state index is 12.7. The Morgan fingerprint density at radius 3 is 2.78 bits per heavy atom. The van der Waals surface area contributed by atoms with Crippen molar-refractivity contribution in [3.8, 4) is 28.9 Å². The third kappa shape index (κ3) is 4.39. The summed E-state index contributed by atoms with van der Waals surface area (Å²) in [5.41, 5.74) is 8.57. The van der Waals surface area contributed by atoms with E-state index in [4.69, 9.17) is 31.4 Å². The van der Waals surface area contributed by atoms with Crippen molar-refractivity contribution in [3.05, 3.63) is 65.3 Å². The summed E-state index contributed by atoms with van der Waals surface area (Å²) in [5, 5.41) is 10.7. The van der Waals surface area contributed by atoms with Gasteiger partial charge in [0.15, 0.2) is 17.3 Å². The average Bonchev–Trinajstić information content (AvgIpc) is 3.46. The molecule has 0 saturated carbocycles. The fourth-order valence-corrected chi connectivity index (χ4v) is 3.94. The molecule has 11 nitrogen and oxygen atoms in total. The van der Waals surface area contributed by atoms with Gasteiger partial charge in [-0.15, -0.1) is 0 Å². The van der Waals surface area contributed by atoms with Gasteiger partial charge in [-0.2, -0.15) is 0 Å². The molecule has 5 rings (SSSR count). The first-order chi connectivity index (χ1) is 17.5. The molecule has 36 heavy (non-hydrogen) atoms. The highest BCUT2D eigenvalue weighted by molar-refractivity contribution is 6.32. The fourth-order valence-electron chi connectivity index (χ4n) is 3.69. The first-order valence-corrected chi connectivity index (χ1v) is 11.2. The molecule has 1 amide bonds. The summed E-state index contributed by atoms with van der Waals surface area (Å²) < 4.78 is 17.7. The summed E-state index contributed by atoms with van der Waals surface area (Å²) in [4.78, 5) is 21.6. The van der Waals surface area contributed by atoms with Crippen molar-refractivity contribution in [2.24, 2.45) is 0 Å². The molecule has 0 spiro atoms. The van der Waals surface area contributed by atoms with Crippen LogP contribution in [-0.2, 0) is 6.54 Å². The number of rotatable bonds is 7. The molecule has 5 aromatic rings. The lowest BCUT2D eigenvalue weighted by molar-refractivity contribution is 0.102. The van der Waals surface area contributed by atoms with Crippen LogP contribution in [-0.4, -0.2) is 37.9 Å². The van der Waals surface area contributed by atoms with Crippen LogP contribution in [0.25, 0.3) is 22.6 Å². The van der Waals surface area contributed by atoms with E-state index in [0.29, 0.717) is 57.2 Å². The average molecular weight is 506 g/mol. The molecule has 12 heteroatoms. The van der Waals surface area contributed by atoms with E-state index < -0.39 is 0 Å². The topological polar surface area (TPSA) is 143 Å². The molecule has 3 heterocycles. The number of aromatic nitrogens is 5. The molecule has 0 radical (unpaired) electrons. The van der Waals surface area contributed by atoms with E-state index in [1.165, 1.54) is 7.11 Å². The van der Waals surface area contributed by atoms with Gasteiger partial charge in [0.1, 0.15) is 17.0 Å². The smallest absolute Gasteiger partial charge is 0.255 e. The number of hydrogen-bond acceptors (Lipinski definition) is 9. The standard InChI is InChI=1S/C24H20ClN7O4/c1-3-32-18-11-20(27-12-17(18)29-23(32)21-22(26)31-36-30-21)35-15-6-4-5-14(10-15)28-24(33)13-7-8-19(34-2)16(25)9-13/h4-12H,3H2,1-2H3,(H2,26,31)(H,28,33). The summed E-state index contributed by atoms with van der Waals surface area (Å²) >= 11 is 6.14. The molecule has 0 atom stereocenters. The molecular weight excluding hydrogens is 486 g/mol. The van der Waals surface area contributed by atoms with Crippen LogP contribution in [0.4, 0.5) is 11.5 Å². The minimum absolute atomic E-state index is 0.153. The van der Waals surface area contributed by atoms with E-state index >= 15 is 0 Å². The van der Waals surface area contributed by atoms with Crippen molar-refractivity contribution in [2.45, 2.75) is 13.5 Å². The van der Waals surface area contributed by atoms with Crippen molar-refractivity contribution < 1.29 is 18.9 Å². The van der Waals surface area contributed by atoms with Gasteiger partial charge >= 0.3 is 0 Å². The van der Waals surface area contributed by atoms with Crippen molar-refractivity contribution in [3.63, 3.8) is 0 Å². The molecule has 0 fully saturated rings. The van der Waals surface area contributed by atoms with Gasteiger partial charge in [0.25, 0.3) is 5.91 Å². The predicted molar refractivity (Wildman–Crippen MR) is 133 cm³/mol. The zero-order valence-electron chi connectivity index (χ0n) is 19.2. The number of fused-ring (bicyclic) bond motifs is 1. The number of carbonyl (C=O) groups is 1. The first kappa shape index (κ1) is 23.1. The van der Waals surface area contributed by atoms with Gasteiger partial charge in [-0.05, 0) is 47.6 Å². The number of imidazole rings is 1. The van der Waals surface area contributed by atoms with Crippen LogP contribution < -0.4 is 20.5 Å². The van der Waals surface area contributed by atoms with Crippen LogP contribution in [0.15, 0.2) is 59.4 Å². The number of halogens is 1. The van der Waals surface area contributed by atoms with Gasteiger partial charge in [-0.25, -0.2) is 14.6 Å². The number of hydrogen-bond donors (Lipinski definition) is 2. The molecule has 0 aliphatic rings. The second-order valence-corrected chi connectivity index (χ2v) is 8.03. The largest absolute Gasteiger partial charge is 0.495 e. The molecule has 0 aliphatic heterocycles. The molecule has 0 unspecified atom stereocenters. The van der Waals surface area contributed by atoms with Crippen LogP contribution in [0.3, 0.4) is 0 Å². The van der Waals surface area contributed by atoms with Gasteiger partial charge in [0.2, 0.25) is 5.88 Å². The molecule has 0 bridgehead atoms. The van der Waals surface area contributed by atoms with E-state index in [1.54, 1.807) is 54.7 Å². The number of aryl methyl sites for hydroxylation is 1. The van der Waals surface area contributed by atoms with E-state index in [9.17, 15) is 4.79 Å². The fraction of sp³-hybridized carbons (Fsp3) is 0.125. The minimum atomic E-state index is -0.322. The Balaban J connectivity index is 1.38. The highest BCUT2D eigenvalue weighted by Gasteiger charge is 2.19. The maximum absolute atomic E-state index is 12.7. The second-order valence-electron chi connectivity index (χ2n) is 7.62. The van der Waals surface area contributed by atoms with Crippen LogP contribution in [0, 0.1) is 0 Å². The Bertz CT molecular complexity index is 1580. The minimum Gasteiger partial charge on any atom is -0.495 e. The predicted octanol–water partition coefficient (Wildman–Crippen LogP) is 4.79. The molecule has 0 aliphatic carbocycles. The lowest BCUT2D eigenvalue weighted by Crippen LogP contribution is -2.11. The number of nitrogens with zero attached hydrogens (tertiary/aromatic N) is 5. The summed E-state index contributed by atoms with van der Waals surface area (Å²) in [7, 11) is 1.51. The van der Waals surface area contributed by atoms with E-state index in [2.05, 4.69) is 25.6 Å². The van der Waals surface area contributed by atoms with Gasteiger partial charge in [0, 0.05) is 29.9 Å². The van der Waals surface area contributed by atoms with E-state index in [0.717, 1.165) is 5.52 Å². The van der Waals surface area contributed by atoms with Gasteiger partial charge in [0.05, 0.1) is 23.8 Å². The lowest BCUT2D eigenvalue weighted by Gasteiger charge is -2.10. The first-order valence-electron chi connectivity index (χ1n) is 10.8. The summed E-state index contributed by atoms with van der Waals surface area (Å²) in [6.07, 6.45) is 1.60. The highest BCUT2D eigenvalue weighted by atomic mass is 35.5. The number of amides is 1. The van der Waals surface area contributed by atoms with E-state index in [1.807, 2.05) is 11.5 Å². The molecule has 3 N–H and O–H groups in total. The quantitative estimate of drug-likeness (QED) is 0.319. The van der Waals surface area contributed by atoms with Gasteiger partial charge in [-0.3, -0.25) is 4.79 Å². The van der Waals surface area contributed by atoms with Crippen molar-refractivity contribution in [2.75, 3.05) is 18.2 Å². The van der Waals surface area contributed by atoms with Gasteiger partial charge in [-0.1, -0.05) is 17.7 Å². The Morgan fingerprint density at radius 1 is 1.19 bits per heavy atom. The Hall–Kier alpha value is -4.64. The van der Waals surface area contributed by atoms with Gasteiger partial charge < -0.3 is 25.1 Å². The maximum Gasteiger partial charge on any atom is 0.255 e. The Kier molecular flexibility index (Phi) is 6.13. The van der Waals surface area contributed by atoms with Crippen LogP contribution >= 0.6 is 11.6 Å². The SMILES string of the molecule is CCn1c(-c2nonc2N)nc2cnc(Oc3cccc(NC(=O)c4ccc(OC)c(Cl)c4)c3)cc21. The van der Waals surface area contributed by atoms with E-state index in [-0.39, 0.29) is 11.7 Å². The van der Waals surface area contributed by atoms with Crippen molar-refractivity contribution >= 4 is 40.0 Å². The van der Waals surface area contributed by atoms with Crippen molar-refractivity contribution in [1.29, 1.82) is 0 Å². The zero-order valence-corrected chi connectivity index (χ0v) is 20.0. The number of pyridine rings is 1. The second kappa shape index (κ2) is 9.55. The number of carbonyl (C=O) groups excluding carboxylic acids is 1. The van der Waals surface area contributed by atoms with Crippen molar-refractivity contribution in [1.82, 2.24) is 24.8 Å². The lowest BCUT2D eigenvalue weighted by atomic mass is 10.2.